The number of carbonyl (C=O) groups excluding carboxylic acids is 1. The van der Waals surface area contributed by atoms with Gasteiger partial charge in [-0.3, -0.25) is 4.79 Å². The maximum atomic E-state index is 13.2. The van der Waals surface area contributed by atoms with Crippen molar-refractivity contribution in [3.05, 3.63) is 34.4 Å². The third kappa shape index (κ3) is 3.30. The van der Waals surface area contributed by atoms with Gasteiger partial charge in [-0.15, -0.1) is 0 Å². The fourth-order valence-electron chi connectivity index (χ4n) is 1.48. The van der Waals surface area contributed by atoms with Gasteiger partial charge in [0.2, 0.25) is 11.7 Å². The van der Waals surface area contributed by atoms with E-state index in [0.29, 0.717) is 15.9 Å². The summed E-state index contributed by atoms with van der Waals surface area (Å²) >= 11 is 3.10. The summed E-state index contributed by atoms with van der Waals surface area (Å²) < 4.78 is 18.6. The van der Waals surface area contributed by atoms with Gasteiger partial charge in [0.25, 0.3) is 0 Å². The number of rotatable bonds is 3. The summed E-state index contributed by atoms with van der Waals surface area (Å²) in [6, 6.07) is 4.44. The van der Waals surface area contributed by atoms with Crippen molar-refractivity contribution in [1.82, 2.24) is 10.1 Å². The van der Waals surface area contributed by atoms with E-state index in [1.165, 1.54) is 6.07 Å². The van der Waals surface area contributed by atoms with Crippen molar-refractivity contribution < 1.29 is 13.7 Å². The van der Waals surface area contributed by atoms with E-state index < -0.39 is 5.41 Å². The van der Waals surface area contributed by atoms with Crippen LogP contribution in [0.1, 0.15) is 26.7 Å². The maximum Gasteiger partial charge on any atom is 0.234 e. The molecule has 0 saturated carbocycles. The van der Waals surface area contributed by atoms with Gasteiger partial charge < -0.3 is 4.52 Å². The smallest absolute Gasteiger partial charge is 0.234 e. The number of hydrogen-bond donors (Lipinski definition) is 0. The van der Waals surface area contributed by atoms with Gasteiger partial charge in [-0.2, -0.15) is 4.98 Å². The molecule has 4 nitrogen and oxygen atoms in total. The molecule has 20 heavy (non-hydrogen) atoms. The van der Waals surface area contributed by atoms with Crippen LogP contribution in [0.4, 0.5) is 4.39 Å². The monoisotopic (exact) mass is 340 g/mol. The molecule has 0 unspecified atom stereocenters. The first kappa shape index (κ1) is 14.8. The van der Waals surface area contributed by atoms with Crippen LogP contribution in [-0.2, 0) is 11.2 Å². The summed E-state index contributed by atoms with van der Waals surface area (Å²) in [5.41, 5.74) is 0.171. The minimum absolute atomic E-state index is 0.0213. The Kier molecular flexibility index (Phi) is 4.04. The molecule has 0 atom stereocenters. The number of ketones is 1. The second-order valence-corrected chi connectivity index (χ2v) is 6.34. The lowest BCUT2D eigenvalue weighted by Gasteiger charge is -2.14. The molecule has 0 amide bonds. The van der Waals surface area contributed by atoms with Gasteiger partial charge in [0.05, 0.1) is 10.9 Å². The SMILES string of the molecule is CC(C)(C)C(=O)Cc1nc(-c2ccc(F)c(Br)c2)no1. The quantitative estimate of drug-likeness (QED) is 0.852. The van der Waals surface area contributed by atoms with Gasteiger partial charge in [0, 0.05) is 11.0 Å². The van der Waals surface area contributed by atoms with E-state index >= 15 is 0 Å². The van der Waals surface area contributed by atoms with Crippen LogP contribution >= 0.6 is 15.9 Å². The van der Waals surface area contributed by atoms with Crippen LogP contribution in [0, 0.1) is 11.2 Å². The van der Waals surface area contributed by atoms with Gasteiger partial charge in [-0.25, -0.2) is 4.39 Å². The standard InChI is InChI=1S/C14H14BrFN2O2/c1-14(2,3)11(19)7-12-17-13(18-20-12)8-4-5-10(16)9(15)6-8/h4-6H,7H2,1-3H3. The highest BCUT2D eigenvalue weighted by atomic mass is 79.9. The number of benzene rings is 1. The van der Waals surface area contributed by atoms with E-state index in [1.54, 1.807) is 12.1 Å². The summed E-state index contributed by atoms with van der Waals surface area (Å²) in [6.07, 6.45) is 0.0961. The predicted molar refractivity (Wildman–Crippen MR) is 75.6 cm³/mol. The average molecular weight is 341 g/mol. The Morgan fingerprint density at radius 3 is 2.70 bits per heavy atom. The Balaban J connectivity index is 2.21. The van der Waals surface area contributed by atoms with Crippen LogP contribution in [0.2, 0.25) is 0 Å². The Morgan fingerprint density at radius 2 is 2.10 bits per heavy atom. The largest absolute Gasteiger partial charge is 0.339 e. The van der Waals surface area contributed by atoms with Crippen molar-refractivity contribution >= 4 is 21.7 Å². The van der Waals surface area contributed by atoms with Crippen LogP contribution in [0.3, 0.4) is 0 Å². The van der Waals surface area contributed by atoms with Crippen LogP contribution in [-0.4, -0.2) is 15.9 Å². The van der Waals surface area contributed by atoms with E-state index in [1.807, 2.05) is 20.8 Å². The highest BCUT2D eigenvalue weighted by molar-refractivity contribution is 9.10. The molecule has 6 heteroatoms. The fraction of sp³-hybridized carbons (Fsp3) is 0.357. The molecule has 0 aliphatic carbocycles. The molecule has 0 bridgehead atoms. The Morgan fingerprint density at radius 1 is 1.40 bits per heavy atom. The summed E-state index contributed by atoms with van der Waals surface area (Å²) in [5, 5.41) is 3.81. The van der Waals surface area contributed by atoms with Crippen molar-refractivity contribution in [3.63, 3.8) is 0 Å². The molecule has 0 saturated heterocycles. The molecular formula is C14H14BrFN2O2. The molecule has 0 radical (unpaired) electrons. The van der Waals surface area contributed by atoms with E-state index in [-0.39, 0.29) is 23.9 Å². The van der Waals surface area contributed by atoms with Crippen molar-refractivity contribution in [2.75, 3.05) is 0 Å². The van der Waals surface area contributed by atoms with Crippen LogP contribution < -0.4 is 0 Å². The van der Waals surface area contributed by atoms with Crippen molar-refractivity contribution in [1.29, 1.82) is 0 Å². The zero-order valence-corrected chi connectivity index (χ0v) is 13.0. The number of hydrogen-bond acceptors (Lipinski definition) is 4. The minimum atomic E-state index is -0.451. The summed E-state index contributed by atoms with van der Waals surface area (Å²) in [7, 11) is 0. The topological polar surface area (TPSA) is 56.0 Å². The third-order valence-corrected chi connectivity index (χ3v) is 3.40. The lowest BCUT2D eigenvalue weighted by molar-refractivity contribution is -0.125. The zero-order valence-electron chi connectivity index (χ0n) is 11.4. The molecule has 0 aliphatic rings. The second-order valence-electron chi connectivity index (χ2n) is 5.49. The van der Waals surface area contributed by atoms with Gasteiger partial charge in [0.15, 0.2) is 0 Å². The lowest BCUT2D eigenvalue weighted by Crippen LogP contribution is -2.22. The molecule has 1 aromatic heterocycles. The van der Waals surface area contributed by atoms with Crippen molar-refractivity contribution in [3.8, 4) is 11.4 Å². The number of nitrogens with zero attached hydrogens (tertiary/aromatic N) is 2. The number of aromatic nitrogens is 2. The second kappa shape index (κ2) is 5.44. The molecule has 2 rings (SSSR count). The molecule has 1 heterocycles. The van der Waals surface area contributed by atoms with Crippen molar-refractivity contribution in [2.24, 2.45) is 5.41 Å². The maximum absolute atomic E-state index is 13.2. The van der Waals surface area contributed by atoms with E-state index in [4.69, 9.17) is 4.52 Å². The van der Waals surface area contributed by atoms with Crippen LogP contribution in [0.5, 0.6) is 0 Å². The fourth-order valence-corrected chi connectivity index (χ4v) is 1.86. The summed E-state index contributed by atoms with van der Waals surface area (Å²) in [4.78, 5) is 16.1. The van der Waals surface area contributed by atoms with E-state index in [9.17, 15) is 9.18 Å². The molecule has 0 aliphatic heterocycles. The first-order chi connectivity index (χ1) is 9.27. The minimum Gasteiger partial charge on any atom is -0.339 e. The van der Waals surface area contributed by atoms with Crippen molar-refractivity contribution in [2.45, 2.75) is 27.2 Å². The summed E-state index contributed by atoms with van der Waals surface area (Å²) in [6.45, 7) is 5.51. The molecule has 0 spiro atoms. The first-order valence-electron chi connectivity index (χ1n) is 6.08. The number of halogens is 2. The van der Waals surface area contributed by atoms with Crippen LogP contribution in [0.15, 0.2) is 27.2 Å². The Hall–Kier alpha value is -1.56. The van der Waals surface area contributed by atoms with Gasteiger partial charge in [-0.05, 0) is 34.1 Å². The Bertz CT molecular complexity index is 647. The zero-order chi connectivity index (χ0) is 14.9. The van der Waals surface area contributed by atoms with Crippen LogP contribution in [0.25, 0.3) is 11.4 Å². The molecule has 0 N–H and O–H groups in total. The molecule has 2 aromatic rings. The number of carbonyl (C=O) groups is 1. The molecular weight excluding hydrogens is 327 g/mol. The van der Waals surface area contributed by atoms with Gasteiger partial charge >= 0.3 is 0 Å². The number of Topliss-reactive ketones (excluding diaryl/α,β-unsaturated/α-hetero) is 1. The molecule has 1 aromatic carbocycles. The summed E-state index contributed by atoms with van der Waals surface area (Å²) in [5.74, 6) is 0.260. The van der Waals surface area contributed by atoms with Gasteiger partial charge in [-0.1, -0.05) is 25.9 Å². The lowest BCUT2D eigenvalue weighted by atomic mass is 9.89. The highest BCUT2D eigenvalue weighted by Gasteiger charge is 2.24. The first-order valence-corrected chi connectivity index (χ1v) is 6.88. The normalized spacial score (nSPS) is 11.7. The van der Waals surface area contributed by atoms with E-state index in [2.05, 4.69) is 26.1 Å². The third-order valence-electron chi connectivity index (χ3n) is 2.79. The Labute approximate surface area is 124 Å². The molecule has 0 fully saturated rings. The van der Waals surface area contributed by atoms with E-state index in [0.717, 1.165) is 0 Å². The molecule has 106 valence electrons. The average Bonchev–Trinajstić information content (AvgIpc) is 2.80. The highest BCUT2D eigenvalue weighted by Crippen LogP contribution is 2.24. The van der Waals surface area contributed by atoms with Gasteiger partial charge in [0.1, 0.15) is 11.6 Å². The predicted octanol–water partition coefficient (Wildman–Crippen LogP) is 3.80.